The third kappa shape index (κ3) is 3.87. The van der Waals surface area contributed by atoms with Crippen molar-refractivity contribution in [2.75, 3.05) is 20.3 Å². The van der Waals surface area contributed by atoms with Crippen molar-refractivity contribution >= 4 is 15.7 Å². The molecule has 0 spiro atoms. The van der Waals surface area contributed by atoms with Crippen molar-refractivity contribution in [2.24, 2.45) is 0 Å². The summed E-state index contributed by atoms with van der Waals surface area (Å²) in [4.78, 5) is 9.52. The van der Waals surface area contributed by atoms with Gasteiger partial charge in [0.2, 0.25) is 10.0 Å². The summed E-state index contributed by atoms with van der Waals surface area (Å²) >= 11 is 0. The smallest absolute Gasteiger partial charge is 0.271 e. The van der Waals surface area contributed by atoms with E-state index >= 15 is 0 Å². The summed E-state index contributed by atoms with van der Waals surface area (Å²) < 4.78 is 30.9. The summed E-state index contributed by atoms with van der Waals surface area (Å²) in [5.41, 5.74) is -0.408. The largest absolute Gasteiger partial charge is 0.495 e. The van der Waals surface area contributed by atoms with Crippen LogP contribution in [0.1, 0.15) is 0 Å². The van der Waals surface area contributed by atoms with Crippen LogP contribution in [0.4, 0.5) is 5.69 Å². The van der Waals surface area contributed by atoms with Gasteiger partial charge in [0.15, 0.2) is 0 Å². The van der Waals surface area contributed by atoms with Crippen LogP contribution in [0.15, 0.2) is 23.1 Å². The molecule has 0 radical (unpaired) electrons. The quantitative estimate of drug-likeness (QED) is 0.444. The lowest BCUT2D eigenvalue weighted by molar-refractivity contribution is -0.385. The maximum absolute atomic E-state index is 12.0. The summed E-state index contributed by atoms with van der Waals surface area (Å²) in [5.74, 6) is -0.0680. The van der Waals surface area contributed by atoms with Gasteiger partial charge in [-0.1, -0.05) is 0 Å². The Balaban J connectivity index is 3.14. The van der Waals surface area contributed by atoms with Crippen LogP contribution >= 0.6 is 0 Å². The minimum atomic E-state index is -4.11. The molecular formula is C10H14N2O7S. The standard InChI is InChI=1S/C10H14N2O7S/c1-19-9-3-2-7(12(15)16)4-10(9)20(17,18)11-5-8(14)6-13/h2-4,8,11,13-14H,5-6H2,1H3. The normalized spacial score (nSPS) is 12.9. The molecule has 1 atom stereocenters. The number of nitro groups is 1. The van der Waals surface area contributed by atoms with Crippen LogP contribution in [0.3, 0.4) is 0 Å². The van der Waals surface area contributed by atoms with Crippen LogP contribution in [-0.2, 0) is 10.0 Å². The van der Waals surface area contributed by atoms with Gasteiger partial charge in [0.05, 0.1) is 24.7 Å². The summed E-state index contributed by atoms with van der Waals surface area (Å²) in [6.07, 6.45) is -1.27. The topological polar surface area (TPSA) is 139 Å². The molecule has 0 aromatic heterocycles. The van der Waals surface area contributed by atoms with Crippen LogP contribution in [0.25, 0.3) is 0 Å². The number of hydrogen-bond acceptors (Lipinski definition) is 7. The second-order valence-corrected chi connectivity index (χ2v) is 5.52. The Morgan fingerprint density at radius 3 is 2.65 bits per heavy atom. The highest BCUT2D eigenvalue weighted by Crippen LogP contribution is 2.27. The first-order valence-electron chi connectivity index (χ1n) is 5.43. The number of non-ortho nitro benzene ring substituents is 1. The average Bonchev–Trinajstić information content (AvgIpc) is 2.43. The molecule has 1 rings (SSSR count). The number of nitro benzene ring substituents is 1. The molecule has 0 aliphatic rings. The Bertz CT molecular complexity index is 587. The van der Waals surface area contributed by atoms with Crippen LogP contribution in [-0.4, -0.2) is 49.9 Å². The predicted octanol–water partition coefficient (Wildman–Crippen LogP) is -0.765. The lowest BCUT2D eigenvalue weighted by Gasteiger charge is -2.12. The summed E-state index contributed by atoms with van der Waals surface area (Å²) in [6.45, 7) is -1.04. The molecule has 1 unspecified atom stereocenters. The lowest BCUT2D eigenvalue weighted by atomic mass is 10.3. The Morgan fingerprint density at radius 1 is 1.50 bits per heavy atom. The molecule has 20 heavy (non-hydrogen) atoms. The van der Waals surface area contributed by atoms with Gasteiger partial charge in [-0.25, -0.2) is 13.1 Å². The lowest BCUT2D eigenvalue weighted by Crippen LogP contribution is -2.34. The third-order valence-electron chi connectivity index (χ3n) is 2.37. The van der Waals surface area contributed by atoms with Crippen molar-refractivity contribution in [3.05, 3.63) is 28.3 Å². The van der Waals surface area contributed by atoms with Gasteiger partial charge in [0.1, 0.15) is 10.6 Å². The van der Waals surface area contributed by atoms with Crippen LogP contribution in [0, 0.1) is 10.1 Å². The first kappa shape index (κ1) is 16.3. The Morgan fingerprint density at radius 2 is 2.15 bits per heavy atom. The van der Waals surface area contributed by atoms with E-state index in [2.05, 4.69) is 0 Å². The maximum Gasteiger partial charge on any atom is 0.271 e. The molecule has 0 amide bonds. The first-order chi connectivity index (χ1) is 9.31. The minimum Gasteiger partial charge on any atom is -0.495 e. The number of ether oxygens (including phenoxy) is 1. The molecule has 0 aliphatic carbocycles. The molecule has 9 nitrogen and oxygen atoms in total. The number of sulfonamides is 1. The van der Waals surface area contributed by atoms with Crippen molar-refractivity contribution in [2.45, 2.75) is 11.0 Å². The van der Waals surface area contributed by atoms with Crippen LogP contribution in [0.2, 0.25) is 0 Å². The van der Waals surface area contributed by atoms with E-state index in [1.165, 1.54) is 7.11 Å². The number of aliphatic hydroxyl groups is 2. The Kier molecular flexibility index (Phi) is 5.39. The van der Waals surface area contributed by atoms with E-state index in [-0.39, 0.29) is 5.75 Å². The third-order valence-corrected chi connectivity index (χ3v) is 3.81. The molecule has 10 heteroatoms. The highest BCUT2D eigenvalue weighted by molar-refractivity contribution is 7.89. The van der Waals surface area contributed by atoms with E-state index in [1.54, 1.807) is 0 Å². The Labute approximate surface area is 115 Å². The molecule has 3 N–H and O–H groups in total. The number of nitrogens with one attached hydrogen (secondary N) is 1. The van der Waals surface area contributed by atoms with Gasteiger partial charge in [-0.05, 0) is 6.07 Å². The molecule has 0 saturated carbocycles. The zero-order chi connectivity index (χ0) is 15.3. The van der Waals surface area contributed by atoms with Crippen molar-refractivity contribution in [1.82, 2.24) is 4.72 Å². The Hall–Kier alpha value is -1.75. The molecule has 1 aromatic carbocycles. The molecule has 0 bridgehead atoms. The first-order valence-corrected chi connectivity index (χ1v) is 6.91. The van der Waals surface area contributed by atoms with E-state index in [9.17, 15) is 18.5 Å². The number of aliphatic hydroxyl groups excluding tert-OH is 2. The fraction of sp³-hybridized carbons (Fsp3) is 0.400. The van der Waals surface area contributed by atoms with Gasteiger partial charge in [0, 0.05) is 18.7 Å². The van der Waals surface area contributed by atoms with Crippen LogP contribution in [0.5, 0.6) is 5.75 Å². The second-order valence-electron chi connectivity index (χ2n) is 3.78. The van der Waals surface area contributed by atoms with Crippen molar-refractivity contribution in [3.63, 3.8) is 0 Å². The van der Waals surface area contributed by atoms with Crippen molar-refractivity contribution in [1.29, 1.82) is 0 Å². The van der Waals surface area contributed by atoms with E-state index < -0.39 is 44.8 Å². The molecule has 112 valence electrons. The summed E-state index contributed by atoms with van der Waals surface area (Å²) in [7, 11) is -2.89. The fourth-order valence-corrected chi connectivity index (χ4v) is 2.60. The van der Waals surface area contributed by atoms with Gasteiger partial charge >= 0.3 is 0 Å². The van der Waals surface area contributed by atoms with Crippen molar-refractivity contribution in [3.8, 4) is 5.75 Å². The maximum atomic E-state index is 12.0. The molecule has 1 aromatic rings. The second kappa shape index (κ2) is 6.61. The summed E-state index contributed by atoms with van der Waals surface area (Å²) in [5, 5.41) is 28.4. The number of benzene rings is 1. The zero-order valence-corrected chi connectivity index (χ0v) is 11.3. The van der Waals surface area contributed by atoms with Gasteiger partial charge < -0.3 is 14.9 Å². The number of nitrogens with zero attached hydrogens (tertiary/aromatic N) is 1. The molecule has 0 heterocycles. The van der Waals surface area contributed by atoms with E-state index in [1.807, 2.05) is 4.72 Å². The molecule has 0 aliphatic heterocycles. The van der Waals surface area contributed by atoms with E-state index in [0.29, 0.717) is 0 Å². The SMILES string of the molecule is COc1ccc([N+](=O)[O-])cc1S(=O)(=O)NCC(O)CO. The molecule has 0 saturated heterocycles. The highest BCUT2D eigenvalue weighted by atomic mass is 32.2. The zero-order valence-electron chi connectivity index (χ0n) is 10.5. The van der Waals surface area contributed by atoms with Gasteiger partial charge in [0.25, 0.3) is 5.69 Å². The van der Waals surface area contributed by atoms with Gasteiger partial charge in [-0.3, -0.25) is 10.1 Å². The highest BCUT2D eigenvalue weighted by Gasteiger charge is 2.23. The van der Waals surface area contributed by atoms with Gasteiger partial charge in [-0.2, -0.15) is 0 Å². The van der Waals surface area contributed by atoms with Crippen LogP contribution < -0.4 is 9.46 Å². The van der Waals surface area contributed by atoms with Crippen molar-refractivity contribution < 1.29 is 28.3 Å². The molecule has 0 fully saturated rings. The van der Waals surface area contributed by atoms with E-state index in [0.717, 1.165) is 18.2 Å². The summed E-state index contributed by atoms with van der Waals surface area (Å²) in [6, 6.07) is 3.13. The predicted molar refractivity (Wildman–Crippen MR) is 67.9 cm³/mol. The number of rotatable bonds is 7. The number of hydrogen-bond donors (Lipinski definition) is 3. The number of methoxy groups -OCH3 is 1. The fourth-order valence-electron chi connectivity index (χ4n) is 1.34. The minimum absolute atomic E-state index is 0.0680. The molecular weight excluding hydrogens is 292 g/mol. The monoisotopic (exact) mass is 306 g/mol. The average molecular weight is 306 g/mol. The van der Waals surface area contributed by atoms with E-state index in [4.69, 9.17) is 14.9 Å². The van der Waals surface area contributed by atoms with Gasteiger partial charge in [-0.15, -0.1) is 0 Å².